The molecule has 1 saturated carbocycles. The molecule has 7 heteroatoms. The predicted octanol–water partition coefficient (Wildman–Crippen LogP) is 3.77. The van der Waals surface area contributed by atoms with Gasteiger partial charge in [0, 0.05) is 36.7 Å². The predicted molar refractivity (Wildman–Crippen MR) is 130 cm³/mol. The number of benzene rings is 1. The van der Waals surface area contributed by atoms with Crippen molar-refractivity contribution in [3.05, 3.63) is 52.9 Å². The first-order chi connectivity index (χ1) is 16.4. The summed E-state index contributed by atoms with van der Waals surface area (Å²) in [5, 5.41) is 12.8. The Labute approximate surface area is 201 Å². The summed E-state index contributed by atoms with van der Waals surface area (Å²) < 4.78 is 7.34. The topological polar surface area (TPSA) is 87.4 Å². The molecule has 1 atom stereocenters. The van der Waals surface area contributed by atoms with Gasteiger partial charge >= 0.3 is 0 Å². The van der Waals surface area contributed by atoms with Crippen LogP contribution in [0.4, 0.5) is 0 Å². The average molecular weight is 461 g/mol. The number of ether oxygens (including phenoxy) is 1. The lowest BCUT2D eigenvalue weighted by Gasteiger charge is -2.32. The summed E-state index contributed by atoms with van der Waals surface area (Å²) in [5.41, 5.74) is 3.85. The number of carbonyl (C=O) groups is 2. The van der Waals surface area contributed by atoms with Gasteiger partial charge in [0.2, 0.25) is 5.91 Å². The monoisotopic (exact) mass is 460 g/mol. The second-order valence-corrected chi connectivity index (χ2v) is 9.31. The third-order valence-electron chi connectivity index (χ3n) is 6.79. The van der Waals surface area contributed by atoms with Gasteiger partial charge in [-0.3, -0.25) is 9.59 Å². The van der Waals surface area contributed by atoms with Crippen molar-refractivity contribution < 1.29 is 14.3 Å². The molecule has 1 N–H and O–H groups in total. The molecular weight excluding hydrogens is 428 g/mol. The van der Waals surface area contributed by atoms with E-state index in [-0.39, 0.29) is 23.3 Å². The summed E-state index contributed by atoms with van der Waals surface area (Å²) in [6.45, 7) is 5.63. The molecule has 2 aromatic rings. The third-order valence-corrected chi connectivity index (χ3v) is 6.79. The van der Waals surface area contributed by atoms with E-state index in [2.05, 4.69) is 16.0 Å². The Morgan fingerprint density at radius 3 is 2.59 bits per heavy atom. The number of aromatic nitrogens is 1. The number of nitrogens with zero attached hydrogens (tertiary/aromatic N) is 3. The third kappa shape index (κ3) is 5.17. The van der Waals surface area contributed by atoms with E-state index in [1.165, 1.54) is 12.8 Å². The molecule has 2 heterocycles. The molecule has 1 aromatic heterocycles. The van der Waals surface area contributed by atoms with Crippen molar-refractivity contribution in [2.24, 2.45) is 11.8 Å². The molecule has 1 aliphatic carbocycles. The van der Waals surface area contributed by atoms with E-state index in [1.807, 2.05) is 44.2 Å². The Balaban J connectivity index is 1.50. The van der Waals surface area contributed by atoms with Crippen LogP contribution in [0.25, 0.3) is 11.8 Å². The van der Waals surface area contributed by atoms with E-state index in [0.717, 1.165) is 47.8 Å². The van der Waals surface area contributed by atoms with Crippen LogP contribution in [0, 0.1) is 37.0 Å². The summed E-state index contributed by atoms with van der Waals surface area (Å²) in [6.07, 6.45) is 5.57. The molecule has 2 fully saturated rings. The second kappa shape index (κ2) is 10.2. The summed E-state index contributed by atoms with van der Waals surface area (Å²) in [4.78, 5) is 27.4. The quantitative estimate of drug-likeness (QED) is 0.503. The largest absolute Gasteiger partial charge is 0.497 e. The molecule has 2 amide bonds. The van der Waals surface area contributed by atoms with Gasteiger partial charge in [-0.05, 0) is 87.4 Å². The number of methoxy groups -OCH3 is 1. The summed E-state index contributed by atoms with van der Waals surface area (Å²) >= 11 is 0. The Morgan fingerprint density at radius 1 is 1.21 bits per heavy atom. The van der Waals surface area contributed by atoms with E-state index < -0.39 is 0 Å². The maximum Gasteiger partial charge on any atom is 0.264 e. The zero-order valence-corrected chi connectivity index (χ0v) is 20.1. The van der Waals surface area contributed by atoms with Crippen molar-refractivity contribution in [3.8, 4) is 17.5 Å². The van der Waals surface area contributed by atoms with Crippen molar-refractivity contribution in [2.75, 3.05) is 26.7 Å². The fourth-order valence-electron chi connectivity index (χ4n) is 4.62. The van der Waals surface area contributed by atoms with Gasteiger partial charge in [-0.25, -0.2) is 0 Å². The fraction of sp³-hybridized carbons (Fsp3) is 0.444. The van der Waals surface area contributed by atoms with Crippen molar-refractivity contribution >= 4 is 17.9 Å². The van der Waals surface area contributed by atoms with Gasteiger partial charge in [0.25, 0.3) is 5.91 Å². The molecule has 2 aliphatic rings. The van der Waals surface area contributed by atoms with Gasteiger partial charge in [0.05, 0.1) is 13.0 Å². The van der Waals surface area contributed by atoms with E-state index in [9.17, 15) is 14.9 Å². The van der Waals surface area contributed by atoms with Gasteiger partial charge < -0.3 is 19.5 Å². The molecular formula is C27H32N4O3. The maximum absolute atomic E-state index is 13.2. The van der Waals surface area contributed by atoms with Crippen LogP contribution in [-0.2, 0) is 9.59 Å². The average Bonchev–Trinajstić information content (AvgIpc) is 3.65. The molecule has 0 radical (unpaired) electrons. The fourth-order valence-corrected chi connectivity index (χ4v) is 4.62. The maximum atomic E-state index is 13.2. The number of rotatable bonds is 7. The van der Waals surface area contributed by atoms with Crippen LogP contribution < -0.4 is 10.1 Å². The molecule has 4 rings (SSSR count). The van der Waals surface area contributed by atoms with Gasteiger partial charge in [0.15, 0.2) is 0 Å². The number of amides is 2. The molecule has 178 valence electrons. The molecule has 1 aromatic carbocycles. The number of carbonyl (C=O) groups excluding carboxylic acids is 2. The van der Waals surface area contributed by atoms with Crippen molar-refractivity contribution in [1.82, 2.24) is 14.8 Å². The smallest absolute Gasteiger partial charge is 0.264 e. The zero-order chi connectivity index (χ0) is 24.2. The van der Waals surface area contributed by atoms with Gasteiger partial charge in [0.1, 0.15) is 17.4 Å². The number of piperidine rings is 1. The van der Waals surface area contributed by atoms with Gasteiger partial charge in [-0.15, -0.1) is 0 Å². The lowest BCUT2D eigenvalue weighted by Crippen LogP contribution is -2.46. The Hall–Kier alpha value is -3.53. The van der Waals surface area contributed by atoms with E-state index in [0.29, 0.717) is 19.0 Å². The first-order valence-electron chi connectivity index (χ1n) is 11.9. The van der Waals surface area contributed by atoms with Crippen molar-refractivity contribution in [3.63, 3.8) is 0 Å². The van der Waals surface area contributed by atoms with Crippen LogP contribution in [0.3, 0.4) is 0 Å². The van der Waals surface area contributed by atoms with Crippen molar-refractivity contribution in [2.45, 2.75) is 39.5 Å². The van der Waals surface area contributed by atoms with E-state index >= 15 is 0 Å². The van der Waals surface area contributed by atoms with Gasteiger partial charge in [-0.1, -0.05) is 0 Å². The highest BCUT2D eigenvalue weighted by atomic mass is 16.5. The van der Waals surface area contributed by atoms with Crippen LogP contribution in [0.1, 0.15) is 42.6 Å². The highest BCUT2D eigenvalue weighted by Crippen LogP contribution is 2.28. The first kappa shape index (κ1) is 23.6. The van der Waals surface area contributed by atoms with E-state index in [1.54, 1.807) is 18.1 Å². The van der Waals surface area contributed by atoms with Crippen LogP contribution in [0.15, 0.2) is 35.9 Å². The van der Waals surface area contributed by atoms with Gasteiger partial charge in [-0.2, -0.15) is 5.26 Å². The lowest BCUT2D eigenvalue weighted by molar-refractivity contribution is -0.132. The molecule has 1 aliphatic heterocycles. The number of hydrogen-bond acceptors (Lipinski definition) is 4. The van der Waals surface area contributed by atoms with Crippen LogP contribution in [-0.4, -0.2) is 48.0 Å². The molecule has 34 heavy (non-hydrogen) atoms. The highest BCUT2D eigenvalue weighted by molar-refractivity contribution is 6.02. The Morgan fingerprint density at radius 2 is 1.94 bits per heavy atom. The second-order valence-electron chi connectivity index (χ2n) is 9.31. The number of hydrogen-bond donors (Lipinski definition) is 1. The minimum Gasteiger partial charge on any atom is -0.497 e. The molecule has 7 nitrogen and oxygen atoms in total. The zero-order valence-electron chi connectivity index (χ0n) is 20.1. The summed E-state index contributed by atoms with van der Waals surface area (Å²) in [7, 11) is 1.63. The SMILES string of the molecule is COc1ccc(-n2c(C)cc(/C=C(/C#N)C(=O)N3CCCC(C(=O)NCC4CC4)C3)c2C)cc1. The molecule has 0 spiro atoms. The number of nitriles is 1. The first-order valence-corrected chi connectivity index (χ1v) is 11.9. The highest BCUT2D eigenvalue weighted by Gasteiger charge is 2.31. The number of nitrogens with one attached hydrogen (secondary N) is 1. The summed E-state index contributed by atoms with van der Waals surface area (Å²) in [5.74, 6) is 0.906. The van der Waals surface area contributed by atoms with Crippen LogP contribution in [0.5, 0.6) is 5.75 Å². The standard InChI is InChI=1S/C27H32N4O3/c1-18-13-22(19(2)31(18)24-8-10-25(34-3)11-9-24)14-23(15-28)27(33)30-12-4-5-21(17-30)26(32)29-16-20-6-7-20/h8-11,13-14,20-21H,4-7,12,16-17H2,1-3H3,(H,29,32)/b23-14-. The summed E-state index contributed by atoms with van der Waals surface area (Å²) in [6, 6.07) is 11.8. The van der Waals surface area contributed by atoms with Crippen molar-refractivity contribution in [1.29, 1.82) is 5.26 Å². The molecule has 0 bridgehead atoms. The normalized spacial score (nSPS) is 18.4. The minimum absolute atomic E-state index is 0.0231. The molecule has 1 saturated heterocycles. The number of aryl methyl sites for hydroxylation is 1. The lowest BCUT2D eigenvalue weighted by atomic mass is 9.96. The minimum atomic E-state index is -0.309. The van der Waals surface area contributed by atoms with Crippen LogP contribution >= 0.6 is 0 Å². The Bertz CT molecular complexity index is 1140. The molecule has 1 unspecified atom stereocenters. The number of likely N-dealkylation sites (tertiary alicyclic amines) is 1. The van der Waals surface area contributed by atoms with Crippen LogP contribution in [0.2, 0.25) is 0 Å². The Kier molecular flexibility index (Phi) is 7.06. The van der Waals surface area contributed by atoms with E-state index in [4.69, 9.17) is 4.74 Å².